The summed E-state index contributed by atoms with van der Waals surface area (Å²) in [5.41, 5.74) is 0. The van der Waals surface area contributed by atoms with Gasteiger partial charge in [0.05, 0.1) is 6.54 Å². The SMILES string of the molecule is O=C1NC2CN12. The van der Waals surface area contributed by atoms with Crippen LogP contribution in [0.4, 0.5) is 4.79 Å². The minimum Gasteiger partial charge on any atom is -0.316 e. The molecule has 32 valence electrons. The van der Waals surface area contributed by atoms with E-state index in [1.807, 2.05) is 0 Å². The van der Waals surface area contributed by atoms with Crippen LogP contribution in [0.1, 0.15) is 0 Å². The summed E-state index contributed by atoms with van der Waals surface area (Å²) in [4.78, 5) is 11.9. The third kappa shape index (κ3) is 0.0957. The number of carbonyl (C=O) groups excluding carboxylic acids is 1. The number of hydrogen-bond donors (Lipinski definition) is 1. The van der Waals surface area contributed by atoms with E-state index in [0.717, 1.165) is 6.54 Å². The van der Waals surface area contributed by atoms with Crippen LogP contribution in [-0.2, 0) is 0 Å². The second-order valence-electron chi connectivity index (χ2n) is 1.62. The Morgan fingerprint density at radius 2 is 2.83 bits per heavy atom. The Morgan fingerprint density at radius 1 is 2.00 bits per heavy atom. The maximum atomic E-state index is 10.1. The number of nitrogens with zero attached hydrogens (tertiary/aromatic N) is 1. The summed E-state index contributed by atoms with van der Waals surface area (Å²) in [5.74, 6) is 0. The van der Waals surface area contributed by atoms with Gasteiger partial charge in [0.2, 0.25) is 0 Å². The van der Waals surface area contributed by atoms with Crippen LogP contribution in [-0.4, -0.2) is 23.6 Å². The first kappa shape index (κ1) is 2.44. The number of urea groups is 1. The topological polar surface area (TPSA) is 32.1 Å². The van der Waals surface area contributed by atoms with Gasteiger partial charge in [-0.1, -0.05) is 0 Å². The molecule has 2 rings (SSSR count). The average Bonchev–Trinajstić information content (AvgIpc) is 2.12. The summed E-state index contributed by atoms with van der Waals surface area (Å²) in [6.45, 7) is 0.943. The van der Waals surface area contributed by atoms with Gasteiger partial charge >= 0.3 is 6.03 Å². The summed E-state index contributed by atoms with van der Waals surface area (Å²) in [7, 11) is 0. The van der Waals surface area contributed by atoms with Gasteiger partial charge in [0.25, 0.3) is 0 Å². The Hall–Kier alpha value is -0.730. The molecular formula is C3H4N2O. The van der Waals surface area contributed by atoms with Gasteiger partial charge < -0.3 is 5.32 Å². The third-order valence-electron chi connectivity index (χ3n) is 1.16. The molecule has 1 unspecified atom stereocenters. The molecule has 0 aromatic heterocycles. The van der Waals surface area contributed by atoms with E-state index in [1.54, 1.807) is 4.90 Å². The highest BCUT2D eigenvalue weighted by molar-refractivity contribution is 5.84. The van der Waals surface area contributed by atoms with Gasteiger partial charge in [-0.25, -0.2) is 4.79 Å². The highest BCUT2D eigenvalue weighted by Crippen LogP contribution is 2.22. The molecule has 0 saturated carbocycles. The van der Waals surface area contributed by atoms with E-state index in [0.29, 0.717) is 6.17 Å². The first-order chi connectivity index (χ1) is 2.88. The summed E-state index contributed by atoms with van der Waals surface area (Å²) >= 11 is 0. The summed E-state index contributed by atoms with van der Waals surface area (Å²) in [6, 6.07) is 0.0972. The lowest BCUT2D eigenvalue weighted by molar-refractivity contribution is 0.207. The predicted molar refractivity (Wildman–Crippen MR) is 19.0 cm³/mol. The molecule has 2 fully saturated rings. The number of amides is 2. The molecule has 2 aliphatic heterocycles. The first-order valence-electron chi connectivity index (χ1n) is 1.95. The molecule has 0 aromatic carbocycles. The van der Waals surface area contributed by atoms with Gasteiger partial charge in [-0.3, -0.25) is 4.90 Å². The maximum absolute atomic E-state index is 10.1. The molecule has 1 atom stereocenters. The zero-order valence-electron chi connectivity index (χ0n) is 3.14. The van der Waals surface area contributed by atoms with Gasteiger partial charge in [0, 0.05) is 0 Å². The smallest absolute Gasteiger partial charge is 0.316 e. The van der Waals surface area contributed by atoms with E-state index in [4.69, 9.17) is 0 Å². The molecule has 6 heavy (non-hydrogen) atoms. The third-order valence-corrected chi connectivity index (χ3v) is 1.16. The van der Waals surface area contributed by atoms with Crippen molar-refractivity contribution in [2.75, 3.05) is 6.54 Å². The number of fused-ring (bicyclic) bond motifs is 1. The molecule has 0 spiro atoms. The van der Waals surface area contributed by atoms with E-state index in [1.165, 1.54) is 0 Å². The molecule has 1 N–H and O–H groups in total. The molecule has 0 radical (unpaired) electrons. The zero-order chi connectivity index (χ0) is 4.15. The fourth-order valence-electron chi connectivity index (χ4n) is 0.646. The second-order valence-corrected chi connectivity index (χ2v) is 1.62. The normalized spacial score (nSPS) is 37.0. The quantitative estimate of drug-likeness (QED) is 0.389. The van der Waals surface area contributed by atoms with Crippen molar-refractivity contribution in [1.29, 1.82) is 0 Å². The molecule has 3 nitrogen and oxygen atoms in total. The number of rotatable bonds is 0. The largest absolute Gasteiger partial charge is 0.320 e. The van der Waals surface area contributed by atoms with Crippen LogP contribution >= 0.6 is 0 Å². The molecule has 2 amide bonds. The Balaban J connectivity index is 2.26. The van der Waals surface area contributed by atoms with Crippen LogP contribution < -0.4 is 5.32 Å². The average molecular weight is 84.1 g/mol. The van der Waals surface area contributed by atoms with E-state index in [2.05, 4.69) is 5.32 Å². The van der Waals surface area contributed by atoms with Gasteiger partial charge in [0.1, 0.15) is 6.17 Å². The Bertz CT molecular complexity index is 111. The van der Waals surface area contributed by atoms with Crippen LogP contribution in [0.25, 0.3) is 0 Å². The van der Waals surface area contributed by atoms with Crippen LogP contribution in [0.15, 0.2) is 0 Å². The first-order valence-corrected chi connectivity index (χ1v) is 1.95. The van der Waals surface area contributed by atoms with Crippen LogP contribution in [0.2, 0.25) is 0 Å². The van der Waals surface area contributed by atoms with E-state index in [-0.39, 0.29) is 6.03 Å². The summed E-state index contributed by atoms with van der Waals surface area (Å²) in [5, 5.41) is 2.67. The Kier molecular flexibility index (Phi) is 0.176. The number of hydrogen-bond acceptors (Lipinski definition) is 1. The summed E-state index contributed by atoms with van der Waals surface area (Å²) in [6.07, 6.45) is 0.442. The van der Waals surface area contributed by atoms with E-state index < -0.39 is 0 Å². The monoisotopic (exact) mass is 84.0 g/mol. The van der Waals surface area contributed by atoms with Crippen molar-refractivity contribution in [3.05, 3.63) is 0 Å². The second kappa shape index (κ2) is 0.433. The minimum atomic E-state index is 0.0972. The van der Waals surface area contributed by atoms with Crippen LogP contribution in [0, 0.1) is 0 Å². The molecule has 2 heterocycles. The van der Waals surface area contributed by atoms with Gasteiger partial charge in [-0.15, -0.1) is 0 Å². The van der Waals surface area contributed by atoms with Crippen LogP contribution in [0.3, 0.4) is 0 Å². The van der Waals surface area contributed by atoms with Crippen molar-refractivity contribution in [3.63, 3.8) is 0 Å². The number of nitrogens with one attached hydrogen (secondary N) is 1. The van der Waals surface area contributed by atoms with Crippen molar-refractivity contribution in [2.24, 2.45) is 0 Å². The molecule has 0 aliphatic carbocycles. The Morgan fingerprint density at radius 3 is 2.83 bits per heavy atom. The maximum Gasteiger partial charge on any atom is 0.320 e. The van der Waals surface area contributed by atoms with Crippen molar-refractivity contribution < 1.29 is 4.79 Å². The standard InChI is InChI=1S/C3H4N2O/c6-3-4-2-1-5(2)3/h2H,1H2,(H,4,6). The van der Waals surface area contributed by atoms with E-state index >= 15 is 0 Å². The highest BCUT2D eigenvalue weighted by atomic mass is 16.2. The van der Waals surface area contributed by atoms with Crippen molar-refractivity contribution >= 4 is 6.03 Å². The lowest BCUT2D eigenvalue weighted by atomic mass is 10.7. The van der Waals surface area contributed by atoms with Crippen molar-refractivity contribution in [3.8, 4) is 0 Å². The lowest BCUT2D eigenvalue weighted by Crippen LogP contribution is -2.44. The van der Waals surface area contributed by atoms with Gasteiger partial charge in [-0.2, -0.15) is 0 Å². The molecule has 0 bridgehead atoms. The Labute approximate surface area is 34.9 Å². The number of carbonyl (C=O) groups is 1. The summed E-state index contributed by atoms with van der Waals surface area (Å²) < 4.78 is 0. The molecule has 2 aliphatic rings. The lowest BCUT2D eigenvalue weighted by Gasteiger charge is -2.12. The molecule has 2 saturated heterocycles. The van der Waals surface area contributed by atoms with Crippen molar-refractivity contribution in [2.45, 2.75) is 6.17 Å². The van der Waals surface area contributed by atoms with E-state index in [9.17, 15) is 4.79 Å². The van der Waals surface area contributed by atoms with Crippen LogP contribution in [0.5, 0.6) is 0 Å². The molecule has 3 heteroatoms. The van der Waals surface area contributed by atoms with Gasteiger partial charge in [0.15, 0.2) is 0 Å². The van der Waals surface area contributed by atoms with Gasteiger partial charge in [-0.05, 0) is 0 Å². The zero-order valence-corrected chi connectivity index (χ0v) is 3.14. The fourth-order valence-corrected chi connectivity index (χ4v) is 0.646. The molecular weight excluding hydrogens is 80.0 g/mol. The van der Waals surface area contributed by atoms with Crippen molar-refractivity contribution in [1.82, 2.24) is 10.2 Å². The minimum absolute atomic E-state index is 0.0972. The fraction of sp³-hybridized carbons (Fsp3) is 0.667. The molecule has 0 aromatic rings. The highest BCUT2D eigenvalue weighted by Gasteiger charge is 2.49. The predicted octanol–water partition coefficient (Wildman–Crippen LogP) is -0.649.